The maximum atomic E-state index is 12.0. The van der Waals surface area contributed by atoms with Gasteiger partial charge in [0.25, 0.3) is 5.91 Å². The van der Waals surface area contributed by atoms with Crippen LogP contribution in [0.25, 0.3) is 0 Å². The van der Waals surface area contributed by atoms with Crippen LogP contribution in [-0.4, -0.2) is 24.6 Å². The van der Waals surface area contributed by atoms with Gasteiger partial charge in [-0.3, -0.25) is 4.79 Å². The Hall–Kier alpha value is -1.26. The second-order valence-corrected chi connectivity index (χ2v) is 5.59. The average Bonchev–Trinajstić information content (AvgIpc) is 2.40. The normalized spacial score (nSPS) is 13.3. The van der Waals surface area contributed by atoms with Crippen molar-refractivity contribution in [1.29, 1.82) is 0 Å². The van der Waals surface area contributed by atoms with Gasteiger partial charge in [-0.05, 0) is 43.9 Å². The largest absolute Gasteiger partial charge is 0.481 e. The molecule has 3 N–H and O–H groups in total. The maximum absolute atomic E-state index is 12.0. The van der Waals surface area contributed by atoms with Gasteiger partial charge in [-0.25, -0.2) is 0 Å². The van der Waals surface area contributed by atoms with E-state index in [1.165, 1.54) is 5.56 Å². The Balaban J connectivity index is 0.00000400. The topological polar surface area (TPSA) is 64.3 Å². The summed E-state index contributed by atoms with van der Waals surface area (Å²) in [4.78, 5) is 12.0. The van der Waals surface area contributed by atoms with Gasteiger partial charge in [0.2, 0.25) is 0 Å². The fourth-order valence-corrected chi connectivity index (χ4v) is 1.77. The van der Waals surface area contributed by atoms with E-state index < -0.39 is 6.10 Å². The molecule has 0 spiro atoms. The Labute approximate surface area is 133 Å². The molecular weight excluding hydrogens is 288 g/mol. The van der Waals surface area contributed by atoms with Crippen LogP contribution in [0.5, 0.6) is 5.75 Å². The molecule has 0 aliphatic carbocycles. The van der Waals surface area contributed by atoms with E-state index in [1.807, 2.05) is 26.0 Å². The van der Waals surface area contributed by atoms with Gasteiger partial charge in [0.1, 0.15) is 5.75 Å². The minimum absolute atomic E-state index is 0. The first-order chi connectivity index (χ1) is 9.35. The van der Waals surface area contributed by atoms with Crippen LogP contribution in [0.2, 0.25) is 0 Å². The Morgan fingerprint density at radius 3 is 2.43 bits per heavy atom. The van der Waals surface area contributed by atoms with E-state index in [-0.39, 0.29) is 24.4 Å². The van der Waals surface area contributed by atoms with Crippen LogP contribution >= 0.6 is 12.4 Å². The van der Waals surface area contributed by atoms with Crippen molar-refractivity contribution in [2.24, 2.45) is 5.73 Å². The molecule has 1 unspecified atom stereocenters. The van der Waals surface area contributed by atoms with E-state index >= 15 is 0 Å². The van der Waals surface area contributed by atoms with Gasteiger partial charge in [-0.15, -0.1) is 12.4 Å². The summed E-state index contributed by atoms with van der Waals surface area (Å²) in [6.45, 7) is 10.3. The SMILES string of the molecule is Cc1ccc(C(C)C)cc1OC(C)C(=O)N[C@@H](C)CN.Cl. The molecule has 2 atom stereocenters. The first kappa shape index (κ1) is 19.7. The molecule has 1 aromatic carbocycles. The Kier molecular flexibility index (Phi) is 8.37. The monoisotopic (exact) mass is 314 g/mol. The zero-order chi connectivity index (χ0) is 15.3. The standard InChI is InChI=1S/C16H26N2O2.ClH/c1-10(2)14-7-6-11(3)15(8-14)20-13(5)16(19)18-12(4)9-17;/h6-8,10,12-13H,9,17H2,1-5H3,(H,18,19);1H/t12-,13?;/m0./s1. The second kappa shape index (κ2) is 8.90. The molecule has 0 saturated carbocycles. The third-order valence-electron chi connectivity index (χ3n) is 3.29. The molecule has 1 aromatic rings. The lowest BCUT2D eigenvalue weighted by atomic mass is 10.0. The van der Waals surface area contributed by atoms with Gasteiger partial charge >= 0.3 is 0 Å². The molecule has 0 fully saturated rings. The smallest absolute Gasteiger partial charge is 0.261 e. The molecule has 4 nitrogen and oxygen atoms in total. The van der Waals surface area contributed by atoms with E-state index in [1.54, 1.807) is 6.92 Å². The highest BCUT2D eigenvalue weighted by molar-refractivity contribution is 5.85. The number of benzene rings is 1. The first-order valence-corrected chi connectivity index (χ1v) is 7.12. The lowest BCUT2D eigenvalue weighted by molar-refractivity contribution is -0.127. The summed E-state index contributed by atoms with van der Waals surface area (Å²) >= 11 is 0. The summed E-state index contributed by atoms with van der Waals surface area (Å²) in [6.07, 6.45) is -0.537. The predicted molar refractivity (Wildman–Crippen MR) is 89.3 cm³/mol. The van der Waals surface area contributed by atoms with Crippen molar-refractivity contribution in [1.82, 2.24) is 5.32 Å². The molecule has 0 bridgehead atoms. The lowest BCUT2D eigenvalue weighted by Crippen LogP contribution is -2.44. The molecule has 21 heavy (non-hydrogen) atoms. The number of carbonyl (C=O) groups is 1. The molecule has 0 radical (unpaired) electrons. The first-order valence-electron chi connectivity index (χ1n) is 7.12. The summed E-state index contributed by atoms with van der Waals surface area (Å²) in [6, 6.07) is 6.08. The Morgan fingerprint density at radius 2 is 1.90 bits per heavy atom. The van der Waals surface area contributed by atoms with Crippen molar-refractivity contribution in [2.45, 2.75) is 52.7 Å². The van der Waals surface area contributed by atoms with Gasteiger partial charge in [0.15, 0.2) is 6.10 Å². The molecule has 1 amide bonds. The predicted octanol–water partition coefficient (Wildman–Crippen LogP) is 2.77. The number of aryl methyl sites for hydroxylation is 1. The number of rotatable bonds is 6. The number of nitrogens with one attached hydrogen (secondary N) is 1. The van der Waals surface area contributed by atoms with Gasteiger partial charge < -0.3 is 15.8 Å². The summed E-state index contributed by atoms with van der Waals surface area (Å²) in [7, 11) is 0. The highest BCUT2D eigenvalue weighted by Crippen LogP contribution is 2.25. The minimum atomic E-state index is -0.537. The lowest BCUT2D eigenvalue weighted by Gasteiger charge is -2.19. The number of hydrogen-bond donors (Lipinski definition) is 2. The zero-order valence-electron chi connectivity index (χ0n) is 13.5. The highest BCUT2D eigenvalue weighted by atomic mass is 35.5. The number of nitrogens with two attached hydrogens (primary N) is 1. The molecule has 5 heteroatoms. The molecule has 0 saturated heterocycles. The van der Waals surface area contributed by atoms with Gasteiger partial charge in [0, 0.05) is 12.6 Å². The quantitative estimate of drug-likeness (QED) is 0.848. The number of amides is 1. The van der Waals surface area contributed by atoms with Gasteiger partial charge in [0.05, 0.1) is 0 Å². The Bertz CT molecular complexity index is 464. The second-order valence-electron chi connectivity index (χ2n) is 5.59. The molecular formula is C16H27ClN2O2. The zero-order valence-corrected chi connectivity index (χ0v) is 14.3. The molecule has 120 valence electrons. The minimum Gasteiger partial charge on any atom is -0.481 e. The van der Waals surface area contributed by atoms with Crippen molar-refractivity contribution >= 4 is 18.3 Å². The van der Waals surface area contributed by atoms with Crippen LogP contribution < -0.4 is 15.8 Å². The average molecular weight is 315 g/mol. The number of halogens is 1. The van der Waals surface area contributed by atoms with E-state index in [2.05, 4.69) is 25.2 Å². The fraction of sp³-hybridized carbons (Fsp3) is 0.562. The van der Waals surface area contributed by atoms with Gasteiger partial charge in [-0.2, -0.15) is 0 Å². The van der Waals surface area contributed by atoms with E-state index in [4.69, 9.17) is 10.5 Å². The van der Waals surface area contributed by atoms with Crippen molar-refractivity contribution < 1.29 is 9.53 Å². The van der Waals surface area contributed by atoms with Crippen LogP contribution in [0, 0.1) is 6.92 Å². The van der Waals surface area contributed by atoms with Crippen LogP contribution in [0.3, 0.4) is 0 Å². The van der Waals surface area contributed by atoms with Gasteiger partial charge in [-0.1, -0.05) is 26.0 Å². The van der Waals surface area contributed by atoms with Crippen molar-refractivity contribution in [3.63, 3.8) is 0 Å². The van der Waals surface area contributed by atoms with Crippen LogP contribution in [0.4, 0.5) is 0 Å². The molecule has 0 aliphatic heterocycles. The van der Waals surface area contributed by atoms with E-state index in [0.29, 0.717) is 12.5 Å². The summed E-state index contributed by atoms with van der Waals surface area (Å²) < 4.78 is 5.79. The molecule has 0 heterocycles. The van der Waals surface area contributed by atoms with E-state index in [9.17, 15) is 4.79 Å². The van der Waals surface area contributed by atoms with Crippen LogP contribution in [-0.2, 0) is 4.79 Å². The van der Waals surface area contributed by atoms with Crippen LogP contribution in [0.15, 0.2) is 18.2 Å². The number of ether oxygens (including phenoxy) is 1. The number of hydrogen-bond acceptors (Lipinski definition) is 3. The third-order valence-corrected chi connectivity index (χ3v) is 3.29. The fourth-order valence-electron chi connectivity index (χ4n) is 1.77. The van der Waals surface area contributed by atoms with E-state index in [0.717, 1.165) is 11.3 Å². The van der Waals surface area contributed by atoms with Crippen molar-refractivity contribution in [3.8, 4) is 5.75 Å². The summed E-state index contributed by atoms with van der Waals surface area (Å²) in [5.41, 5.74) is 7.73. The summed E-state index contributed by atoms with van der Waals surface area (Å²) in [5, 5.41) is 2.82. The van der Waals surface area contributed by atoms with Crippen LogP contribution in [0.1, 0.15) is 44.7 Å². The number of carbonyl (C=O) groups excluding carboxylic acids is 1. The van der Waals surface area contributed by atoms with Crippen molar-refractivity contribution in [3.05, 3.63) is 29.3 Å². The maximum Gasteiger partial charge on any atom is 0.261 e. The summed E-state index contributed by atoms with van der Waals surface area (Å²) in [5.74, 6) is 1.05. The van der Waals surface area contributed by atoms with Crippen molar-refractivity contribution in [2.75, 3.05) is 6.54 Å². The highest BCUT2D eigenvalue weighted by Gasteiger charge is 2.17. The Morgan fingerprint density at radius 1 is 1.29 bits per heavy atom. The molecule has 0 aromatic heterocycles. The molecule has 0 aliphatic rings. The third kappa shape index (κ3) is 5.94. The molecule has 1 rings (SSSR count).